The molecule has 0 fully saturated rings. The van der Waals surface area contributed by atoms with E-state index in [-0.39, 0.29) is 4.90 Å². The van der Waals surface area contributed by atoms with Crippen molar-refractivity contribution in [2.24, 2.45) is 7.05 Å². The molecular weight excluding hydrogens is 290 g/mol. The van der Waals surface area contributed by atoms with Crippen LogP contribution in [0.3, 0.4) is 0 Å². The predicted molar refractivity (Wildman–Crippen MR) is 82.5 cm³/mol. The van der Waals surface area contributed by atoms with Gasteiger partial charge in [0.1, 0.15) is 0 Å². The number of anilines is 2. The molecule has 2 rings (SSSR count). The van der Waals surface area contributed by atoms with Gasteiger partial charge >= 0.3 is 0 Å². The monoisotopic (exact) mass is 309 g/mol. The molecule has 0 unspecified atom stereocenters. The minimum atomic E-state index is -3.47. The molecule has 4 N–H and O–H groups in total. The van der Waals surface area contributed by atoms with Crippen LogP contribution in [0, 0.1) is 0 Å². The van der Waals surface area contributed by atoms with Gasteiger partial charge in [-0.2, -0.15) is 5.10 Å². The number of sulfonamides is 1. The molecular formula is C13H19N5O2S. The summed E-state index contributed by atoms with van der Waals surface area (Å²) >= 11 is 0. The van der Waals surface area contributed by atoms with E-state index in [1.54, 1.807) is 10.7 Å². The molecule has 114 valence electrons. The Morgan fingerprint density at radius 1 is 1.38 bits per heavy atom. The molecule has 0 atom stereocenters. The highest BCUT2D eigenvalue weighted by molar-refractivity contribution is 7.89. The maximum Gasteiger partial charge on any atom is 0.240 e. The summed E-state index contributed by atoms with van der Waals surface area (Å²) < 4.78 is 27.3. The van der Waals surface area contributed by atoms with Crippen molar-refractivity contribution in [1.82, 2.24) is 14.5 Å². The van der Waals surface area contributed by atoms with E-state index >= 15 is 0 Å². The Kier molecular flexibility index (Phi) is 4.49. The number of nitrogens with two attached hydrogens (primary N) is 1. The Bertz CT molecular complexity index is 724. The van der Waals surface area contributed by atoms with Crippen molar-refractivity contribution < 1.29 is 8.42 Å². The lowest BCUT2D eigenvalue weighted by Gasteiger charge is -2.10. The number of aromatic nitrogens is 2. The van der Waals surface area contributed by atoms with Crippen molar-refractivity contribution >= 4 is 21.4 Å². The summed E-state index contributed by atoms with van der Waals surface area (Å²) in [6, 6.07) is 4.63. The molecule has 0 saturated carbocycles. The van der Waals surface area contributed by atoms with E-state index in [9.17, 15) is 8.42 Å². The molecule has 1 heterocycles. The molecule has 0 saturated heterocycles. The van der Waals surface area contributed by atoms with Crippen LogP contribution < -0.4 is 15.8 Å². The average Bonchev–Trinajstić information content (AvgIpc) is 2.86. The van der Waals surface area contributed by atoms with Crippen LogP contribution in [0.4, 0.5) is 11.4 Å². The largest absolute Gasteiger partial charge is 0.397 e. The van der Waals surface area contributed by atoms with Crippen LogP contribution in [0.15, 0.2) is 35.5 Å². The quantitative estimate of drug-likeness (QED) is 0.677. The molecule has 0 aliphatic rings. The summed E-state index contributed by atoms with van der Waals surface area (Å²) in [5.74, 6) is 0. The summed E-state index contributed by atoms with van der Waals surface area (Å²) in [7, 11) is -0.229. The summed E-state index contributed by atoms with van der Waals surface area (Å²) in [6.45, 7) is 0.689. The van der Waals surface area contributed by atoms with Gasteiger partial charge in [-0.05, 0) is 37.2 Å². The molecule has 8 heteroatoms. The van der Waals surface area contributed by atoms with Crippen LogP contribution in [0.5, 0.6) is 0 Å². The van der Waals surface area contributed by atoms with Gasteiger partial charge in [0.2, 0.25) is 10.0 Å². The molecule has 0 aliphatic carbocycles. The number of nitrogen functional groups attached to an aromatic ring is 1. The lowest BCUT2D eigenvalue weighted by atomic mass is 10.2. The van der Waals surface area contributed by atoms with Gasteiger partial charge in [0, 0.05) is 19.8 Å². The van der Waals surface area contributed by atoms with Gasteiger partial charge in [0.05, 0.1) is 22.5 Å². The first-order valence-electron chi connectivity index (χ1n) is 6.47. The zero-order valence-corrected chi connectivity index (χ0v) is 12.8. The topological polar surface area (TPSA) is 102 Å². The van der Waals surface area contributed by atoms with E-state index in [0.717, 1.165) is 12.0 Å². The Morgan fingerprint density at radius 3 is 2.71 bits per heavy atom. The molecule has 2 aromatic rings. The Labute approximate surface area is 124 Å². The highest BCUT2D eigenvalue weighted by Gasteiger charge is 2.12. The summed E-state index contributed by atoms with van der Waals surface area (Å²) in [6.07, 6.45) is 4.57. The molecule has 0 radical (unpaired) electrons. The second-order valence-electron chi connectivity index (χ2n) is 4.66. The maximum absolute atomic E-state index is 11.7. The highest BCUT2D eigenvalue weighted by atomic mass is 32.2. The minimum Gasteiger partial charge on any atom is -0.397 e. The molecule has 1 aromatic carbocycles. The third-order valence-electron chi connectivity index (χ3n) is 3.09. The van der Waals surface area contributed by atoms with Crippen LogP contribution >= 0.6 is 0 Å². The van der Waals surface area contributed by atoms with Crippen LogP contribution in [-0.4, -0.2) is 31.8 Å². The second-order valence-corrected chi connectivity index (χ2v) is 6.54. The minimum absolute atomic E-state index is 0.153. The number of aryl methyl sites for hydroxylation is 1. The van der Waals surface area contributed by atoms with Gasteiger partial charge in [-0.15, -0.1) is 0 Å². The molecule has 0 bridgehead atoms. The molecule has 21 heavy (non-hydrogen) atoms. The van der Waals surface area contributed by atoms with Crippen molar-refractivity contribution in [3.63, 3.8) is 0 Å². The molecule has 0 amide bonds. The van der Waals surface area contributed by atoms with E-state index in [0.29, 0.717) is 17.9 Å². The smallest absolute Gasteiger partial charge is 0.240 e. The average molecular weight is 309 g/mol. The molecule has 0 spiro atoms. The SMILES string of the molecule is CNS(=O)(=O)c1ccc(NCCc2cnn(C)c2)c(N)c1. The van der Waals surface area contributed by atoms with Crippen molar-refractivity contribution in [3.8, 4) is 0 Å². The van der Waals surface area contributed by atoms with Gasteiger partial charge in [-0.25, -0.2) is 13.1 Å². The number of hydrogen-bond acceptors (Lipinski definition) is 5. The molecule has 1 aromatic heterocycles. The first kappa shape index (κ1) is 15.3. The second kappa shape index (κ2) is 6.15. The lowest BCUT2D eigenvalue weighted by molar-refractivity contribution is 0.588. The Balaban J connectivity index is 2.01. The third-order valence-corrected chi connectivity index (χ3v) is 4.50. The fourth-order valence-electron chi connectivity index (χ4n) is 1.93. The van der Waals surface area contributed by atoms with E-state index in [4.69, 9.17) is 5.73 Å². The summed E-state index contributed by atoms with van der Waals surface area (Å²) in [5, 5.41) is 7.29. The first-order valence-corrected chi connectivity index (χ1v) is 7.95. The number of benzene rings is 1. The maximum atomic E-state index is 11.7. The van der Waals surface area contributed by atoms with Crippen LogP contribution in [-0.2, 0) is 23.5 Å². The zero-order chi connectivity index (χ0) is 15.5. The fourth-order valence-corrected chi connectivity index (χ4v) is 2.69. The van der Waals surface area contributed by atoms with Gasteiger partial charge in [-0.3, -0.25) is 4.68 Å². The van der Waals surface area contributed by atoms with Crippen molar-refractivity contribution in [2.75, 3.05) is 24.6 Å². The fraction of sp³-hybridized carbons (Fsp3) is 0.308. The standard InChI is InChI=1S/C13H19N5O2S/c1-15-21(19,20)11-3-4-13(12(14)7-11)16-6-5-10-8-17-18(2)9-10/h3-4,7-9,15-16H,5-6,14H2,1-2H3. The van der Waals surface area contributed by atoms with Gasteiger partial charge in [0.15, 0.2) is 0 Å². The highest BCUT2D eigenvalue weighted by Crippen LogP contribution is 2.22. The van der Waals surface area contributed by atoms with Crippen molar-refractivity contribution in [3.05, 3.63) is 36.2 Å². The van der Waals surface area contributed by atoms with Gasteiger partial charge < -0.3 is 11.1 Å². The Morgan fingerprint density at radius 2 is 2.14 bits per heavy atom. The number of nitrogens with one attached hydrogen (secondary N) is 2. The van der Waals surface area contributed by atoms with Crippen molar-refractivity contribution in [1.29, 1.82) is 0 Å². The van der Waals surface area contributed by atoms with E-state index < -0.39 is 10.0 Å². The van der Waals surface area contributed by atoms with Gasteiger partial charge in [0.25, 0.3) is 0 Å². The normalized spacial score (nSPS) is 11.5. The van der Waals surface area contributed by atoms with E-state index in [1.165, 1.54) is 19.2 Å². The Hall–Kier alpha value is -2.06. The van der Waals surface area contributed by atoms with Crippen LogP contribution in [0.25, 0.3) is 0 Å². The number of hydrogen-bond donors (Lipinski definition) is 3. The lowest BCUT2D eigenvalue weighted by Crippen LogP contribution is -2.19. The zero-order valence-electron chi connectivity index (χ0n) is 12.0. The number of nitrogens with zero attached hydrogens (tertiary/aromatic N) is 2. The number of rotatable bonds is 6. The van der Waals surface area contributed by atoms with Gasteiger partial charge in [-0.1, -0.05) is 0 Å². The van der Waals surface area contributed by atoms with E-state index in [2.05, 4.69) is 15.1 Å². The predicted octanol–water partition coefficient (Wildman–Crippen LogP) is 0.565. The molecule has 7 nitrogen and oxygen atoms in total. The summed E-state index contributed by atoms with van der Waals surface area (Å²) in [5.41, 5.74) is 8.13. The molecule has 0 aliphatic heterocycles. The van der Waals surface area contributed by atoms with Crippen molar-refractivity contribution in [2.45, 2.75) is 11.3 Å². The van der Waals surface area contributed by atoms with E-state index in [1.807, 2.05) is 19.4 Å². The van der Waals surface area contributed by atoms with Crippen LogP contribution in [0.1, 0.15) is 5.56 Å². The summed E-state index contributed by atoms with van der Waals surface area (Å²) in [4.78, 5) is 0.153. The third kappa shape index (κ3) is 3.73. The first-order chi connectivity index (χ1) is 9.92. The van der Waals surface area contributed by atoms with Crippen LogP contribution in [0.2, 0.25) is 0 Å².